The number of nitrogens with zero attached hydrogens (tertiary/aromatic N) is 3. The Morgan fingerprint density at radius 2 is 2.10 bits per heavy atom. The monoisotopic (exact) mass is 278 g/mol. The largest absolute Gasteiger partial charge is 0.478 e. The van der Waals surface area contributed by atoms with Gasteiger partial charge in [0.2, 0.25) is 5.88 Å². The molecule has 1 saturated heterocycles. The Labute approximate surface area is 119 Å². The van der Waals surface area contributed by atoms with Gasteiger partial charge in [0.15, 0.2) is 5.69 Å². The van der Waals surface area contributed by atoms with Gasteiger partial charge in [-0.2, -0.15) is 5.10 Å². The normalized spacial score (nSPS) is 18.6. The third-order valence-corrected chi connectivity index (χ3v) is 4.01. The van der Waals surface area contributed by atoms with E-state index in [4.69, 9.17) is 4.74 Å². The molecule has 20 heavy (non-hydrogen) atoms. The van der Waals surface area contributed by atoms with Crippen LogP contribution in [0.1, 0.15) is 35.3 Å². The predicted molar refractivity (Wildman–Crippen MR) is 75.1 cm³/mol. The third kappa shape index (κ3) is 2.65. The number of ether oxygens (including phenoxy) is 1. The Bertz CT molecular complexity index is 492. The number of rotatable bonds is 4. The minimum atomic E-state index is -0.0906. The second-order valence-electron chi connectivity index (χ2n) is 5.51. The quantitative estimate of drug-likeness (QED) is 0.885. The number of fused-ring (bicyclic) bond motifs is 1. The molecule has 3 heterocycles. The molecule has 1 aromatic rings. The van der Waals surface area contributed by atoms with Crippen LogP contribution in [0.3, 0.4) is 0 Å². The molecule has 0 aromatic carbocycles. The summed E-state index contributed by atoms with van der Waals surface area (Å²) in [5.74, 6) is 0.660. The molecule has 0 atom stereocenters. The fourth-order valence-corrected chi connectivity index (χ4v) is 2.89. The van der Waals surface area contributed by atoms with Crippen molar-refractivity contribution in [3.63, 3.8) is 0 Å². The summed E-state index contributed by atoms with van der Waals surface area (Å²) in [4.78, 5) is 14.6. The van der Waals surface area contributed by atoms with Gasteiger partial charge in [-0.15, -0.1) is 0 Å². The van der Waals surface area contributed by atoms with Crippen molar-refractivity contribution in [2.75, 3.05) is 32.8 Å². The van der Waals surface area contributed by atoms with Crippen LogP contribution in [-0.2, 0) is 6.54 Å². The van der Waals surface area contributed by atoms with Gasteiger partial charge < -0.3 is 15.0 Å². The van der Waals surface area contributed by atoms with Crippen LogP contribution in [0.15, 0.2) is 0 Å². The van der Waals surface area contributed by atoms with E-state index in [1.54, 1.807) is 4.68 Å². The van der Waals surface area contributed by atoms with Crippen LogP contribution >= 0.6 is 0 Å². The van der Waals surface area contributed by atoms with Crippen molar-refractivity contribution >= 4 is 5.91 Å². The van der Waals surface area contributed by atoms with Crippen molar-refractivity contribution in [1.82, 2.24) is 20.0 Å². The first-order valence-electron chi connectivity index (χ1n) is 7.46. The number of aryl methyl sites for hydroxylation is 1. The molecule has 1 N–H and O–H groups in total. The fraction of sp³-hybridized carbons (Fsp3) is 0.714. The highest BCUT2D eigenvalue weighted by atomic mass is 16.5. The lowest BCUT2D eigenvalue weighted by molar-refractivity contribution is 0.0943. The molecule has 2 aliphatic rings. The van der Waals surface area contributed by atoms with Crippen molar-refractivity contribution in [3.05, 3.63) is 11.3 Å². The van der Waals surface area contributed by atoms with Crippen LogP contribution in [0.25, 0.3) is 0 Å². The van der Waals surface area contributed by atoms with Crippen molar-refractivity contribution in [1.29, 1.82) is 0 Å². The van der Waals surface area contributed by atoms with Gasteiger partial charge in [-0.05, 0) is 32.9 Å². The SMILES string of the molecule is Cc1c(C(=O)NCCN2CCCC2)nn2c1OCCC2. The standard InChI is InChI=1S/C14H22N4O2/c1-11-12(16-18-8-4-10-20-14(11)18)13(19)15-5-9-17-6-2-3-7-17/h2-10H2,1H3,(H,15,19). The van der Waals surface area contributed by atoms with Gasteiger partial charge in [0, 0.05) is 31.6 Å². The molecule has 0 aliphatic carbocycles. The Balaban J connectivity index is 1.58. The zero-order valence-corrected chi connectivity index (χ0v) is 12.0. The topological polar surface area (TPSA) is 59.4 Å². The molecule has 0 saturated carbocycles. The average molecular weight is 278 g/mol. The smallest absolute Gasteiger partial charge is 0.272 e. The van der Waals surface area contributed by atoms with Crippen LogP contribution in [-0.4, -0.2) is 53.4 Å². The number of likely N-dealkylation sites (tertiary alicyclic amines) is 1. The lowest BCUT2D eigenvalue weighted by Gasteiger charge is -2.14. The molecular weight excluding hydrogens is 256 g/mol. The van der Waals surface area contributed by atoms with E-state index in [0.29, 0.717) is 18.8 Å². The fourth-order valence-electron chi connectivity index (χ4n) is 2.89. The summed E-state index contributed by atoms with van der Waals surface area (Å²) < 4.78 is 7.38. The molecule has 6 heteroatoms. The summed E-state index contributed by atoms with van der Waals surface area (Å²) in [6.45, 7) is 7.36. The highest BCUT2D eigenvalue weighted by molar-refractivity contribution is 5.94. The third-order valence-electron chi connectivity index (χ3n) is 4.01. The van der Waals surface area contributed by atoms with Crippen LogP contribution in [0.5, 0.6) is 5.88 Å². The zero-order chi connectivity index (χ0) is 13.9. The molecule has 110 valence electrons. The second-order valence-corrected chi connectivity index (χ2v) is 5.51. The summed E-state index contributed by atoms with van der Waals surface area (Å²) >= 11 is 0. The van der Waals surface area contributed by atoms with Crippen LogP contribution in [0.2, 0.25) is 0 Å². The molecule has 3 rings (SSSR count). The molecule has 1 amide bonds. The number of aromatic nitrogens is 2. The lowest BCUT2D eigenvalue weighted by atomic mass is 10.2. The number of nitrogens with one attached hydrogen (secondary N) is 1. The molecule has 0 bridgehead atoms. The van der Waals surface area contributed by atoms with E-state index in [0.717, 1.165) is 44.0 Å². The van der Waals surface area contributed by atoms with Crippen LogP contribution in [0, 0.1) is 6.92 Å². The van der Waals surface area contributed by atoms with Gasteiger partial charge in [-0.1, -0.05) is 0 Å². The van der Waals surface area contributed by atoms with E-state index in [2.05, 4.69) is 15.3 Å². The second kappa shape index (κ2) is 5.83. The number of carbonyl (C=O) groups excluding carboxylic acids is 1. The Morgan fingerprint density at radius 1 is 1.30 bits per heavy atom. The number of hydrogen-bond acceptors (Lipinski definition) is 4. The molecule has 1 fully saturated rings. The van der Waals surface area contributed by atoms with Gasteiger partial charge in [-0.3, -0.25) is 4.79 Å². The van der Waals surface area contributed by atoms with Gasteiger partial charge in [0.25, 0.3) is 5.91 Å². The Morgan fingerprint density at radius 3 is 2.85 bits per heavy atom. The maximum atomic E-state index is 12.2. The minimum Gasteiger partial charge on any atom is -0.478 e. The summed E-state index contributed by atoms with van der Waals surface area (Å²) in [5.41, 5.74) is 1.35. The molecule has 0 spiro atoms. The Kier molecular flexibility index (Phi) is 3.91. The first kappa shape index (κ1) is 13.4. The van der Waals surface area contributed by atoms with E-state index < -0.39 is 0 Å². The number of carbonyl (C=O) groups is 1. The molecule has 0 unspecified atom stereocenters. The first-order valence-corrected chi connectivity index (χ1v) is 7.46. The molecule has 6 nitrogen and oxygen atoms in total. The molecule has 2 aliphatic heterocycles. The van der Waals surface area contributed by atoms with Gasteiger partial charge >= 0.3 is 0 Å². The van der Waals surface area contributed by atoms with Gasteiger partial charge in [0.1, 0.15) is 0 Å². The zero-order valence-electron chi connectivity index (χ0n) is 12.0. The summed E-state index contributed by atoms with van der Waals surface area (Å²) in [6, 6.07) is 0. The minimum absolute atomic E-state index is 0.0906. The van der Waals surface area contributed by atoms with Crippen molar-refractivity contribution in [2.24, 2.45) is 0 Å². The van der Waals surface area contributed by atoms with E-state index in [9.17, 15) is 4.79 Å². The van der Waals surface area contributed by atoms with Crippen LogP contribution in [0.4, 0.5) is 0 Å². The summed E-state index contributed by atoms with van der Waals surface area (Å²) in [5, 5.41) is 7.33. The van der Waals surface area contributed by atoms with Crippen LogP contribution < -0.4 is 10.1 Å². The Hall–Kier alpha value is -1.56. The summed E-state index contributed by atoms with van der Waals surface area (Å²) in [6.07, 6.45) is 3.50. The van der Waals surface area contributed by atoms with E-state index in [1.165, 1.54) is 12.8 Å². The predicted octanol–water partition coefficient (Wildman–Crippen LogP) is 0.800. The van der Waals surface area contributed by atoms with Gasteiger partial charge in [0.05, 0.1) is 6.61 Å². The van der Waals surface area contributed by atoms with E-state index >= 15 is 0 Å². The number of hydrogen-bond donors (Lipinski definition) is 1. The molecule has 0 radical (unpaired) electrons. The highest BCUT2D eigenvalue weighted by Gasteiger charge is 2.23. The number of amides is 1. The van der Waals surface area contributed by atoms with Crippen molar-refractivity contribution < 1.29 is 9.53 Å². The van der Waals surface area contributed by atoms with Gasteiger partial charge in [-0.25, -0.2) is 4.68 Å². The van der Waals surface area contributed by atoms with E-state index in [1.807, 2.05) is 6.92 Å². The maximum absolute atomic E-state index is 12.2. The average Bonchev–Trinajstić information content (AvgIpc) is 3.08. The summed E-state index contributed by atoms with van der Waals surface area (Å²) in [7, 11) is 0. The van der Waals surface area contributed by atoms with Crippen molar-refractivity contribution in [3.8, 4) is 5.88 Å². The van der Waals surface area contributed by atoms with E-state index in [-0.39, 0.29) is 5.91 Å². The molecular formula is C14H22N4O2. The first-order chi connectivity index (χ1) is 9.75. The molecule has 1 aromatic heterocycles. The van der Waals surface area contributed by atoms with Crippen molar-refractivity contribution in [2.45, 2.75) is 32.7 Å². The maximum Gasteiger partial charge on any atom is 0.272 e. The highest BCUT2D eigenvalue weighted by Crippen LogP contribution is 2.24. The lowest BCUT2D eigenvalue weighted by Crippen LogP contribution is -2.34.